The van der Waals surface area contributed by atoms with Crippen LogP contribution in [0.3, 0.4) is 0 Å². The number of phenols is 2. The van der Waals surface area contributed by atoms with E-state index in [2.05, 4.69) is 68.5 Å². The number of amides is 13. The molecule has 106 heavy (non-hydrogen) atoms. The van der Waals surface area contributed by atoms with Crippen LogP contribution in [0.15, 0.2) is 146 Å². The summed E-state index contributed by atoms with van der Waals surface area (Å²) in [7, 11) is 0. The van der Waals surface area contributed by atoms with Crippen LogP contribution in [0, 0.1) is 5.41 Å². The topological polar surface area (TPSA) is 555 Å². The number of carbonyl (C=O) groups is 13. The van der Waals surface area contributed by atoms with E-state index in [-0.39, 0.29) is 87.2 Å². The molecule has 23 N–H and O–H groups in total. The molecule has 11 atom stereocenters. The highest BCUT2D eigenvalue weighted by molar-refractivity contribution is 6.07. The molecule has 1 saturated heterocycles. The summed E-state index contributed by atoms with van der Waals surface area (Å²) >= 11 is 0. The van der Waals surface area contributed by atoms with Crippen molar-refractivity contribution in [2.24, 2.45) is 22.9 Å². The number of nitrogens with zero attached hydrogens (tertiary/aromatic N) is 2. The number of para-hydroxylation sites is 1. The Kier molecular flexibility index (Phi) is 28.3. The van der Waals surface area contributed by atoms with Crippen molar-refractivity contribution < 1.29 is 72.5 Å². The molecular weight excluding hydrogens is 1370 g/mol. The number of H-pyrrole nitrogens is 1. The summed E-state index contributed by atoms with van der Waals surface area (Å²) in [6.45, 7) is 0.305. The van der Waals surface area contributed by atoms with Gasteiger partial charge in [-0.05, 0) is 97.2 Å². The van der Waals surface area contributed by atoms with Gasteiger partial charge in [0.1, 0.15) is 71.9 Å². The zero-order valence-electron chi connectivity index (χ0n) is 57.8. The lowest BCUT2D eigenvalue weighted by atomic mass is 9.93. The van der Waals surface area contributed by atoms with Crippen LogP contribution in [-0.4, -0.2) is 182 Å². The van der Waals surface area contributed by atoms with Crippen molar-refractivity contribution in [1.29, 1.82) is 5.41 Å². The number of aryl methyl sites for hydroxylation is 1. The Hall–Kier alpha value is -12.8. The van der Waals surface area contributed by atoms with Crippen LogP contribution in [0.5, 0.6) is 11.5 Å². The lowest BCUT2D eigenvalue weighted by molar-refractivity contribution is -0.136. The van der Waals surface area contributed by atoms with Gasteiger partial charge in [-0.15, -0.1) is 0 Å². The third kappa shape index (κ3) is 23.4. The molecule has 1 unspecified atom stereocenters. The molecule has 2 aliphatic heterocycles. The van der Waals surface area contributed by atoms with Crippen LogP contribution in [0.1, 0.15) is 72.5 Å². The number of rotatable bonds is 21. The summed E-state index contributed by atoms with van der Waals surface area (Å²) in [6.07, 6.45) is -0.557. The molecule has 0 bridgehead atoms. The number of phenolic OH excluding ortho intramolecular Hbond substituents is 2. The van der Waals surface area contributed by atoms with Gasteiger partial charge >= 0.3 is 0 Å². The Morgan fingerprint density at radius 3 is 1.75 bits per heavy atom. The smallest absolute Gasteiger partial charge is 0.250 e. The van der Waals surface area contributed by atoms with Gasteiger partial charge in [0.25, 0.3) is 0 Å². The van der Waals surface area contributed by atoms with Crippen molar-refractivity contribution in [3.05, 3.63) is 179 Å². The minimum atomic E-state index is -1.95. The molecule has 560 valence electrons. The molecular formula is C72H87N19O15. The number of hydrogen-bond donors (Lipinski definition) is 19. The Bertz CT molecular complexity index is 4130. The summed E-state index contributed by atoms with van der Waals surface area (Å²) in [5, 5.41) is 56.0. The average Bonchev–Trinajstić information content (AvgIpc) is 0.821. The van der Waals surface area contributed by atoms with Gasteiger partial charge in [0.05, 0.1) is 30.9 Å². The number of anilines is 1. The number of guanidine groups is 1. The average molecular weight is 1460 g/mol. The molecule has 0 radical (unpaired) electrons. The highest BCUT2D eigenvalue weighted by Gasteiger charge is 2.42. The van der Waals surface area contributed by atoms with Crippen LogP contribution in [-0.2, 0) is 101 Å². The SMILES string of the molecule is C[C@@H]1NC(=O)[C@H](CC(N)=O)NC(=O)[C@H]2CCc3ccccc3N2C(=O)[C@H](CCCNC(=N)N)NC(=O)[C@@H](Cc2ccccc2)NC(=O)[C@H](Cc2c[nH]cn2)NC(=O)C[C@@H](NC(=O)[C@@H](N)Cc2ccc(O)cc2)C(=O)NCC(C(=O)N[C@@H](Cc2ccc(O)cc2)C(N)=O)NC(=O)[C@H](Cc2ccccc2)NC1=O. The van der Waals surface area contributed by atoms with Crippen LogP contribution in [0.4, 0.5) is 5.69 Å². The summed E-state index contributed by atoms with van der Waals surface area (Å²) in [5.41, 5.74) is 26.4. The Morgan fingerprint density at radius 1 is 0.613 bits per heavy atom. The standard InChI is InChI=1S/C72H87N19O15/c1-39-62(97)86-51(31-40-11-4-2-5-12-40)67(102)90-56(69(104)85-50(61(75)96)30-43-20-25-47(93)26-21-43)37-80-64(99)55(87-63(98)48(73)29-42-18-23-46(92)24-19-42)35-60(95)83-53(33-45-36-78-38-81-45)68(103)88-52(32-41-13-6-3-7-14-41)66(101)84-49(16-10-28-79-72(76)77)71(106)91-57-17-9-8-15-44(57)22-27-58(91)70(105)89-54(34-59(74)94)65(100)82-39/h2-9,11-15,17-21,23-26,36,38-39,48-56,58,92-93H,10,16,22,27-35,37,73H2,1H3,(H2,74,94)(H2,75,96)(H,78,81)(H,80,99)(H,82,100)(H,83,95)(H,84,101)(H,85,104)(H,86,97)(H,87,98)(H,88,103)(H,89,105)(H,90,102)(H4,76,77,79)/t39-,48-,49-,50-,51-,52+,53-,54-,55+,56?,58+/m0/s1. The third-order valence-electron chi connectivity index (χ3n) is 17.5. The molecule has 13 amide bonds. The van der Waals surface area contributed by atoms with Crippen LogP contribution in [0.2, 0.25) is 0 Å². The highest BCUT2D eigenvalue weighted by Crippen LogP contribution is 2.32. The molecule has 1 fully saturated rings. The summed E-state index contributed by atoms with van der Waals surface area (Å²) in [5.74, 6) is -14.3. The van der Waals surface area contributed by atoms with Gasteiger partial charge in [0.2, 0.25) is 76.8 Å². The first-order valence-electron chi connectivity index (χ1n) is 34.1. The summed E-state index contributed by atoms with van der Waals surface area (Å²) in [4.78, 5) is 198. The zero-order chi connectivity index (χ0) is 76.6. The maximum absolute atomic E-state index is 15.6. The zero-order valence-corrected chi connectivity index (χ0v) is 57.8. The number of hydrogen-bond acceptors (Lipinski definition) is 18. The fourth-order valence-electron chi connectivity index (χ4n) is 11.9. The van der Waals surface area contributed by atoms with Crippen LogP contribution >= 0.6 is 0 Å². The quantitative estimate of drug-likeness (QED) is 0.0189. The predicted octanol–water partition coefficient (Wildman–Crippen LogP) is -3.46. The summed E-state index contributed by atoms with van der Waals surface area (Å²) in [6, 6.07) is 16.1. The van der Waals surface area contributed by atoms with E-state index in [0.717, 1.165) is 4.90 Å². The maximum Gasteiger partial charge on any atom is 0.250 e. The highest BCUT2D eigenvalue weighted by atomic mass is 16.3. The summed E-state index contributed by atoms with van der Waals surface area (Å²) < 4.78 is 0. The van der Waals surface area contributed by atoms with Crippen molar-refractivity contribution in [2.75, 3.05) is 18.0 Å². The number of aromatic amines is 1. The van der Waals surface area contributed by atoms with Gasteiger partial charge in [-0.25, -0.2) is 4.98 Å². The van der Waals surface area contributed by atoms with Crippen LogP contribution in [0.25, 0.3) is 0 Å². The Labute approximate surface area is 608 Å². The van der Waals surface area contributed by atoms with Gasteiger partial charge in [0.15, 0.2) is 5.96 Å². The molecule has 5 aromatic carbocycles. The lowest BCUT2D eigenvalue weighted by Crippen LogP contribution is -2.62. The van der Waals surface area contributed by atoms with Gasteiger partial charge in [-0.1, -0.05) is 103 Å². The van der Waals surface area contributed by atoms with Crippen molar-refractivity contribution >= 4 is 88.4 Å². The van der Waals surface area contributed by atoms with E-state index in [1.54, 1.807) is 84.9 Å². The first kappa shape index (κ1) is 79.0. The second-order valence-corrected chi connectivity index (χ2v) is 25.7. The third-order valence-corrected chi connectivity index (χ3v) is 17.5. The molecule has 6 aromatic rings. The van der Waals surface area contributed by atoms with Gasteiger partial charge in [-0.2, -0.15) is 0 Å². The number of imidazole rings is 1. The molecule has 0 saturated carbocycles. The monoisotopic (exact) mass is 1460 g/mol. The van der Waals surface area contributed by atoms with Crippen molar-refractivity contribution in [3.63, 3.8) is 0 Å². The van der Waals surface area contributed by atoms with E-state index < -0.39 is 169 Å². The van der Waals surface area contributed by atoms with Crippen molar-refractivity contribution in [1.82, 2.24) is 68.5 Å². The van der Waals surface area contributed by atoms with Crippen molar-refractivity contribution in [3.8, 4) is 11.5 Å². The maximum atomic E-state index is 15.6. The van der Waals surface area contributed by atoms with E-state index >= 15 is 14.4 Å². The number of nitrogens with two attached hydrogens (primary N) is 4. The fourth-order valence-corrected chi connectivity index (χ4v) is 11.9. The van der Waals surface area contributed by atoms with E-state index in [1.165, 1.54) is 68.0 Å². The minimum absolute atomic E-state index is 0.00852. The Morgan fingerprint density at radius 2 is 1.16 bits per heavy atom. The number of fused-ring (bicyclic) bond motifs is 3. The predicted molar refractivity (Wildman–Crippen MR) is 383 cm³/mol. The number of nitrogens with one attached hydrogen (secondary N) is 13. The molecule has 1 aromatic heterocycles. The number of benzene rings is 5. The molecule has 0 spiro atoms. The number of carbonyl (C=O) groups excluding carboxylic acids is 13. The Balaban J connectivity index is 1.23. The second-order valence-electron chi connectivity index (χ2n) is 25.7. The molecule has 2 aliphatic rings. The molecule has 3 heterocycles. The van der Waals surface area contributed by atoms with Gasteiger partial charge in [-0.3, -0.25) is 72.6 Å². The molecule has 34 nitrogen and oxygen atoms in total. The van der Waals surface area contributed by atoms with Crippen molar-refractivity contribution in [2.45, 2.75) is 144 Å². The largest absolute Gasteiger partial charge is 0.508 e. The number of aromatic hydroxyl groups is 2. The first-order valence-corrected chi connectivity index (χ1v) is 34.1. The fraction of sp³-hybridized carbons (Fsp3) is 0.347. The van der Waals surface area contributed by atoms with E-state index in [4.69, 9.17) is 28.3 Å². The minimum Gasteiger partial charge on any atom is -0.508 e. The van der Waals surface area contributed by atoms with Gasteiger partial charge < -0.3 is 96.6 Å². The number of primary amides is 2. The van der Waals surface area contributed by atoms with Crippen LogP contribution < -0.4 is 86.3 Å². The molecule has 8 rings (SSSR count). The normalized spacial score (nSPS) is 21.7. The second kappa shape index (κ2) is 38.0. The first-order chi connectivity index (χ1) is 50.7. The number of aromatic nitrogens is 2. The van der Waals surface area contributed by atoms with E-state index in [0.29, 0.717) is 27.8 Å². The molecule has 34 heteroatoms. The van der Waals surface area contributed by atoms with E-state index in [9.17, 15) is 58.2 Å². The lowest BCUT2D eigenvalue weighted by Gasteiger charge is -2.39. The van der Waals surface area contributed by atoms with E-state index in [1.807, 2.05) is 0 Å². The van der Waals surface area contributed by atoms with Gasteiger partial charge in [0, 0.05) is 50.7 Å². The molecule has 0 aliphatic carbocycles.